The highest BCUT2D eigenvalue weighted by Gasteiger charge is 2.15. The summed E-state index contributed by atoms with van der Waals surface area (Å²) >= 11 is 0. The van der Waals surface area contributed by atoms with E-state index in [1.165, 1.54) is 33.4 Å². The van der Waals surface area contributed by atoms with Crippen LogP contribution in [0, 0.1) is 13.8 Å². The first-order chi connectivity index (χ1) is 10.7. The fourth-order valence-electron chi connectivity index (χ4n) is 3.14. The fourth-order valence-corrected chi connectivity index (χ4v) is 3.14. The minimum absolute atomic E-state index is 0.201. The molecule has 0 aromatic heterocycles. The molecular formula is C23H30. The normalized spacial score (nSPS) is 11.6. The molecule has 2 aromatic carbocycles. The van der Waals surface area contributed by atoms with Crippen molar-refractivity contribution in [3.63, 3.8) is 0 Å². The molecule has 0 aliphatic rings. The SMILES string of the molecule is C=C(C)c1cccc(C)c1CCc1cc(C)cc(C(C)(C)C)c1. The van der Waals surface area contributed by atoms with Gasteiger partial charge in [0.15, 0.2) is 0 Å². The minimum atomic E-state index is 0.201. The third kappa shape index (κ3) is 4.34. The first kappa shape index (κ1) is 17.5. The van der Waals surface area contributed by atoms with Crippen molar-refractivity contribution in [1.29, 1.82) is 0 Å². The van der Waals surface area contributed by atoms with Crippen LogP contribution in [0.15, 0.2) is 43.0 Å². The molecule has 0 unspecified atom stereocenters. The topological polar surface area (TPSA) is 0 Å². The molecule has 0 aliphatic heterocycles. The number of hydrogen-bond donors (Lipinski definition) is 0. The van der Waals surface area contributed by atoms with Crippen molar-refractivity contribution in [2.45, 2.75) is 59.8 Å². The van der Waals surface area contributed by atoms with E-state index >= 15 is 0 Å². The average molecular weight is 306 g/mol. The number of aryl methyl sites for hydroxylation is 3. The Labute approximate surface area is 142 Å². The number of rotatable bonds is 4. The molecule has 0 saturated heterocycles. The number of hydrogen-bond acceptors (Lipinski definition) is 0. The second-order valence-corrected chi connectivity index (χ2v) is 7.84. The summed E-state index contributed by atoms with van der Waals surface area (Å²) in [6, 6.07) is 13.6. The van der Waals surface area contributed by atoms with Gasteiger partial charge in [0, 0.05) is 0 Å². The van der Waals surface area contributed by atoms with E-state index in [9.17, 15) is 0 Å². The van der Waals surface area contributed by atoms with Gasteiger partial charge in [-0.05, 0) is 66.8 Å². The van der Waals surface area contributed by atoms with Gasteiger partial charge >= 0.3 is 0 Å². The number of allylic oxidation sites excluding steroid dienone is 1. The molecule has 0 spiro atoms. The summed E-state index contributed by atoms with van der Waals surface area (Å²) in [6.45, 7) is 17.5. The smallest absolute Gasteiger partial charge is 0.0132 e. The Bertz CT molecular complexity index is 711. The zero-order valence-corrected chi connectivity index (χ0v) is 15.6. The predicted octanol–water partition coefficient (Wildman–Crippen LogP) is 6.42. The van der Waals surface area contributed by atoms with Gasteiger partial charge in [0.05, 0.1) is 0 Å². The van der Waals surface area contributed by atoms with Crippen LogP contribution in [0.4, 0.5) is 0 Å². The van der Waals surface area contributed by atoms with Crippen LogP contribution >= 0.6 is 0 Å². The van der Waals surface area contributed by atoms with E-state index in [1.807, 2.05) is 0 Å². The van der Waals surface area contributed by atoms with Crippen LogP contribution in [0.1, 0.15) is 61.1 Å². The molecule has 0 saturated carbocycles. The van der Waals surface area contributed by atoms with Crippen molar-refractivity contribution in [3.05, 3.63) is 76.4 Å². The van der Waals surface area contributed by atoms with E-state index in [0.29, 0.717) is 0 Å². The van der Waals surface area contributed by atoms with Crippen LogP contribution in [0.3, 0.4) is 0 Å². The molecule has 0 nitrogen and oxygen atoms in total. The standard InChI is InChI=1S/C23H30/c1-16(2)21-10-8-9-18(4)22(21)12-11-19-13-17(3)14-20(15-19)23(5,6)7/h8-10,13-15H,1,11-12H2,2-7H3. The second-order valence-electron chi connectivity index (χ2n) is 7.84. The molecule has 0 radical (unpaired) electrons. The Morgan fingerprint density at radius 3 is 2.30 bits per heavy atom. The maximum absolute atomic E-state index is 4.14. The summed E-state index contributed by atoms with van der Waals surface area (Å²) in [6.07, 6.45) is 2.15. The van der Waals surface area contributed by atoms with Crippen molar-refractivity contribution in [2.24, 2.45) is 0 Å². The lowest BCUT2D eigenvalue weighted by Crippen LogP contribution is -2.12. The molecule has 0 atom stereocenters. The van der Waals surface area contributed by atoms with Gasteiger partial charge in [-0.2, -0.15) is 0 Å². The van der Waals surface area contributed by atoms with E-state index in [2.05, 4.69) is 84.5 Å². The zero-order valence-electron chi connectivity index (χ0n) is 15.6. The van der Waals surface area contributed by atoms with Crippen molar-refractivity contribution in [2.75, 3.05) is 0 Å². The lowest BCUT2D eigenvalue weighted by molar-refractivity contribution is 0.588. The van der Waals surface area contributed by atoms with E-state index < -0.39 is 0 Å². The van der Waals surface area contributed by atoms with Gasteiger partial charge in [0.2, 0.25) is 0 Å². The van der Waals surface area contributed by atoms with Gasteiger partial charge in [0.25, 0.3) is 0 Å². The molecule has 0 amide bonds. The monoisotopic (exact) mass is 306 g/mol. The fraction of sp³-hybridized carbons (Fsp3) is 0.391. The highest BCUT2D eigenvalue weighted by atomic mass is 14.2. The van der Waals surface area contributed by atoms with Crippen LogP contribution in [0.25, 0.3) is 5.57 Å². The molecule has 122 valence electrons. The van der Waals surface area contributed by atoms with Crippen LogP contribution in [0.5, 0.6) is 0 Å². The molecule has 2 rings (SSSR count). The summed E-state index contributed by atoms with van der Waals surface area (Å²) in [5.74, 6) is 0. The van der Waals surface area contributed by atoms with Crippen LogP contribution in [-0.4, -0.2) is 0 Å². The molecular weight excluding hydrogens is 276 g/mol. The van der Waals surface area contributed by atoms with Gasteiger partial charge in [-0.25, -0.2) is 0 Å². The Morgan fingerprint density at radius 1 is 1.00 bits per heavy atom. The first-order valence-corrected chi connectivity index (χ1v) is 8.54. The largest absolute Gasteiger partial charge is 0.0955 e. The molecule has 0 fully saturated rings. The molecule has 0 heterocycles. The second kappa shape index (κ2) is 6.74. The Balaban J connectivity index is 2.29. The summed E-state index contributed by atoms with van der Waals surface area (Å²) < 4.78 is 0. The lowest BCUT2D eigenvalue weighted by Gasteiger charge is -2.21. The van der Waals surface area contributed by atoms with Gasteiger partial charge in [-0.3, -0.25) is 0 Å². The third-order valence-corrected chi connectivity index (χ3v) is 4.54. The third-order valence-electron chi connectivity index (χ3n) is 4.54. The van der Waals surface area contributed by atoms with Crippen molar-refractivity contribution < 1.29 is 0 Å². The van der Waals surface area contributed by atoms with Crippen LogP contribution in [-0.2, 0) is 18.3 Å². The molecule has 0 aliphatic carbocycles. The van der Waals surface area contributed by atoms with Gasteiger partial charge < -0.3 is 0 Å². The Kier molecular flexibility index (Phi) is 5.14. The minimum Gasteiger partial charge on any atom is -0.0955 e. The van der Waals surface area contributed by atoms with Gasteiger partial charge in [-0.1, -0.05) is 74.9 Å². The summed E-state index contributed by atoms with van der Waals surface area (Å²) in [7, 11) is 0. The predicted molar refractivity (Wildman–Crippen MR) is 103 cm³/mol. The van der Waals surface area contributed by atoms with E-state index in [0.717, 1.165) is 18.4 Å². The summed E-state index contributed by atoms with van der Waals surface area (Å²) in [4.78, 5) is 0. The van der Waals surface area contributed by atoms with Crippen LogP contribution in [0.2, 0.25) is 0 Å². The Morgan fingerprint density at radius 2 is 1.70 bits per heavy atom. The average Bonchev–Trinajstić information content (AvgIpc) is 2.44. The van der Waals surface area contributed by atoms with Crippen LogP contribution < -0.4 is 0 Å². The Hall–Kier alpha value is -1.82. The molecule has 0 heteroatoms. The maximum Gasteiger partial charge on any atom is -0.0132 e. The summed E-state index contributed by atoms with van der Waals surface area (Å²) in [5.41, 5.74) is 9.71. The van der Waals surface area contributed by atoms with Gasteiger partial charge in [0.1, 0.15) is 0 Å². The molecule has 0 N–H and O–H groups in total. The highest BCUT2D eigenvalue weighted by molar-refractivity contribution is 5.65. The van der Waals surface area contributed by atoms with Gasteiger partial charge in [-0.15, -0.1) is 0 Å². The quantitative estimate of drug-likeness (QED) is 0.611. The molecule has 0 bridgehead atoms. The zero-order chi connectivity index (χ0) is 17.2. The highest BCUT2D eigenvalue weighted by Crippen LogP contribution is 2.26. The van der Waals surface area contributed by atoms with Crippen molar-refractivity contribution >= 4 is 5.57 Å². The van der Waals surface area contributed by atoms with Crippen molar-refractivity contribution in [3.8, 4) is 0 Å². The number of benzene rings is 2. The lowest BCUT2D eigenvalue weighted by atomic mass is 9.84. The first-order valence-electron chi connectivity index (χ1n) is 8.54. The van der Waals surface area contributed by atoms with E-state index in [-0.39, 0.29) is 5.41 Å². The van der Waals surface area contributed by atoms with Crippen molar-refractivity contribution in [1.82, 2.24) is 0 Å². The summed E-state index contributed by atoms with van der Waals surface area (Å²) in [5, 5.41) is 0. The van der Waals surface area contributed by atoms with E-state index in [1.54, 1.807) is 0 Å². The maximum atomic E-state index is 4.14. The molecule has 2 aromatic rings. The van der Waals surface area contributed by atoms with E-state index in [4.69, 9.17) is 0 Å². The molecule has 23 heavy (non-hydrogen) atoms.